The molecule has 1 aromatic rings. The summed E-state index contributed by atoms with van der Waals surface area (Å²) in [6.45, 7) is 1.07. The highest BCUT2D eigenvalue weighted by Crippen LogP contribution is 2.24. The molecule has 0 saturated heterocycles. The van der Waals surface area contributed by atoms with Gasteiger partial charge < -0.3 is 25.4 Å². The summed E-state index contributed by atoms with van der Waals surface area (Å²) in [5.74, 6) is 0.890. The van der Waals surface area contributed by atoms with E-state index in [0.717, 1.165) is 0 Å². The molecule has 0 aliphatic carbocycles. The Morgan fingerprint density at radius 3 is 2.47 bits per heavy atom. The Morgan fingerprint density at radius 2 is 1.94 bits per heavy atom. The Morgan fingerprint density at radius 1 is 1.29 bits per heavy atom. The molecule has 1 rings (SSSR count). The normalized spacial score (nSPS) is 11.3. The molecule has 17 heavy (non-hydrogen) atoms. The van der Waals surface area contributed by atoms with Crippen LogP contribution >= 0.6 is 0 Å². The lowest BCUT2D eigenvalue weighted by atomic mass is 10.0. The summed E-state index contributed by atoms with van der Waals surface area (Å²) >= 11 is 0. The number of nitrogens with one attached hydrogen (secondary N) is 1. The van der Waals surface area contributed by atoms with Crippen molar-refractivity contribution >= 4 is 5.82 Å². The second-order valence-electron chi connectivity index (χ2n) is 3.66. The van der Waals surface area contributed by atoms with Gasteiger partial charge >= 0.3 is 0 Å². The van der Waals surface area contributed by atoms with E-state index in [4.69, 9.17) is 4.74 Å². The first-order valence-electron chi connectivity index (χ1n) is 5.40. The van der Waals surface area contributed by atoms with Gasteiger partial charge in [0.15, 0.2) is 11.6 Å². The first-order valence-corrected chi connectivity index (χ1v) is 5.40. The van der Waals surface area contributed by atoms with Gasteiger partial charge in [-0.05, 0) is 19.1 Å². The van der Waals surface area contributed by atoms with Crippen molar-refractivity contribution < 1.29 is 20.1 Å². The Labute approximate surface area is 99.9 Å². The summed E-state index contributed by atoms with van der Waals surface area (Å²) in [6.07, 6.45) is 1.56. The maximum atomic E-state index is 9.21. The van der Waals surface area contributed by atoms with Crippen LogP contribution in [-0.2, 0) is 0 Å². The topological polar surface area (TPSA) is 94.8 Å². The van der Waals surface area contributed by atoms with Gasteiger partial charge in [-0.2, -0.15) is 0 Å². The van der Waals surface area contributed by atoms with E-state index in [-0.39, 0.29) is 0 Å². The zero-order valence-electron chi connectivity index (χ0n) is 9.76. The summed E-state index contributed by atoms with van der Waals surface area (Å²) in [4.78, 5) is 4.06. The van der Waals surface area contributed by atoms with Crippen LogP contribution in [0.1, 0.15) is 6.92 Å². The van der Waals surface area contributed by atoms with Crippen LogP contribution in [0.25, 0.3) is 0 Å². The van der Waals surface area contributed by atoms with Crippen molar-refractivity contribution in [2.75, 3.05) is 31.7 Å². The van der Waals surface area contributed by atoms with Crippen molar-refractivity contribution in [3.8, 4) is 5.75 Å². The summed E-state index contributed by atoms with van der Waals surface area (Å²) in [5, 5.41) is 30.4. The molecule has 0 spiro atoms. The number of aliphatic hydroxyl groups is 3. The smallest absolute Gasteiger partial charge is 0.169 e. The minimum absolute atomic E-state index is 0.381. The Kier molecular flexibility index (Phi) is 5.14. The lowest BCUT2D eigenvalue weighted by molar-refractivity contribution is 0.0829. The second kappa shape index (κ2) is 6.39. The molecule has 0 atom stereocenters. The highest BCUT2D eigenvalue weighted by molar-refractivity contribution is 5.51. The van der Waals surface area contributed by atoms with Crippen LogP contribution in [-0.4, -0.2) is 52.3 Å². The van der Waals surface area contributed by atoms with Crippen LogP contribution < -0.4 is 10.1 Å². The van der Waals surface area contributed by atoms with Gasteiger partial charge in [0.05, 0.1) is 26.4 Å². The summed E-state index contributed by atoms with van der Waals surface area (Å²) in [7, 11) is 0. The van der Waals surface area contributed by atoms with E-state index in [9.17, 15) is 15.3 Å². The molecule has 0 saturated carbocycles. The molecule has 0 bridgehead atoms. The van der Waals surface area contributed by atoms with Crippen molar-refractivity contribution in [2.24, 2.45) is 0 Å². The number of aliphatic hydroxyl groups excluding tert-OH is 3. The first kappa shape index (κ1) is 13.7. The molecule has 96 valence electrons. The number of anilines is 1. The Balaban J connectivity index is 2.92. The average Bonchev–Trinajstić information content (AvgIpc) is 2.38. The van der Waals surface area contributed by atoms with Gasteiger partial charge in [0.25, 0.3) is 0 Å². The number of aromatic nitrogens is 1. The van der Waals surface area contributed by atoms with Crippen LogP contribution in [0.3, 0.4) is 0 Å². The van der Waals surface area contributed by atoms with Crippen LogP contribution in [0.4, 0.5) is 5.82 Å². The molecule has 0 fully saturated rings. The predicted molar refractivity (Wildman–Crippen MR) is 63.0 cm³/mol. The molecule has 0 radical (unpaired) electrons. The fourth-order valence-electron chi connectivity index (χ4n) is 1.28. The molecule has 6 heteroatoms. The van der Waals surface area contributed by atoms with E-state index in [2.05, 4.69) is 10.3 Å². The SMILES string of the molecule is CCOc1cccnc1NC(CO)(CO)CO. The standard InChI is InChI=1S/C11H18N2O4/c1-2-17-9-4-3-5-12-10(9)13-11(6-14,7-15)8-16/h3-5,14-16H,2,6-8H2,1H3,(H,12,13). The highest BCUT2D eigenvalue weighted by Gasteiger charge is 2.29. The van der Waals surface area contributed by atoms with Crippen molar-refractivity contribution in [1.82, 2.24) is 4.98 Å². The number of pyridine rings is 1. The van der Waals surface area contributed by atoms with E-state index in [1.165, 1.54) is 0 Å². The molecule has 0 aliphatic heterocycles. The maximum Gasteiger partial charge on any atom is 0.169 e. The lowest BCUT2D eigenvalue weighted by Gasteiger charge is -2.29. The van der Waals surface area contributed by atoms with Crippen molar-refractivity contribution in [1.29, 1.82) is 0 Å². The number of rotatable bonds is 7. The molecule has 1 aromatic heterocycles. The number of hydrogen-bond donors (Lipinski definition) is 4. The zero-order valence-corrected chi connectivity index (χ0v) is 9.76. The van der Waals surface area contributed by atoms with Crippen LogP contribution in [0.5, 0.6) is 5.75 Å². The largest absolute Gasteiger partial charge is 0.490 e. The van der Waals surface area contributed by atoms with Gasteiger partial charge in [-0.15, -0.1) is 0 Å². The van der Waals surface area contributed by atoms with Gasteiger partial charge in [-0.1, -0.05) is 0 Å². The van der Waals surface area contributed by atoms with Crippen LogP contribution in [0.15, 0.2) is 18.3 Å². The third kappa shape index (κ3) is 3.29. The van der Waals surface area contributed by atoms with Gasteiger partial charge in [0, 0.05) is 6.20 Å². The first-order chi connectivity index (χ1) is 8.21. The van der Waals surface area contributed by atoms with Crippen molar-refractivity contribution in [3.63, 3.8) is 0 Å². The molecule has 0 amide bonds. The molecule has 0 aromatic carbocycles. The van der Waals surface area contributed by atoms with Gasteiger partial charge in [0.2, 0.25) is 0 Å². The maximum absolute atomic E-state index is 9.21. The quantitative estimate of drug-likeness (QED) is 0.520. The Bertz CT molecular complexity index is 334. The molecule has 0 unspecified atom stereocenters. The number of ether oxygens (including phenoxy) is 1. The molecule has 1 heterocycles. The number of hydrogen-bond acceptors (Lipinski definition) is 6. The van der Waals surface area contributed by atoms with E-state index in [1.807, 2.05) is 6.92 Å². The molecule has 0 aliphatic rings. The monoisotopic (exact) mass is 242 g/mol. The third-order valence-electron chi connectivity index (χ3n) is 2.36. The molecule has 4 N–H and O–H groups in total. The minimum atomic E-state index is -1.21. The third-order valence-corrected chi connectivity index (χ3v) is 2.36. The fraction of sp³-hybridized carbons (Fsp3) is 0.545. The summed E-state index contributed by atoms with van der Waals surface area (Å²) < 4.78 is 5.35. The van der Waals surface area contributed by atoms with Crippen molar-refractivity contribution in [3.05, 3.63) is 18.3 Å². The minimum Gasteiger partial charge on any atom is -0.490 e. The lowest BCUT2D eigenvalue weighted by Crippen LogP contribution is -2.49. The molecular weight excluding hydrogens is 224 g/mol. The highest BCUT2D eigenvalue weighted by atomic mass is 16.5. The van der Waals surface area contributed by atoms with E-state index in [1.54, 1.807) is 18.3 Å². The summed E-state index contributed by atoms with van der Waals surface area (Å²) in [5.41, 5.74) is -1.21. The van der Waals surface area contributed by atoms with Gasteiger partial charge in [-0.25, -0.2) is 4.98 Å². The van der Waals surface area contributed by atoms with Crippen molar-refractivity contribution in [2.45, 2.75) is 12.5 Å². The van der Waals surface area contributed by atoms with Crippen LogP contribution in [0, 0.1) is 0 Å². The van der Waals surface area contributed by atoms with E-state index >= 15 is 0 Å². The van der Waals surface area contributed by atoms with Crippen LogP contribution in [0.2, 0.25) is 0 Å². The van der Waals surface area contributed by atoms with E-state index in [0.29, 0.717) is 18.2 Å². The average molecular weight is 242 g/mol. The van der Waals surface area contributed by atoms with E-state index < -0.39 is 25.4 Å². The summed E-state index contributed by atoms with van der Waals surface area (Å²) in [6, 6.07) is 3.43. The Hall–Kier alpha value is -1.37. The second-order valence-corrected chi connectivity index (χ2v) is 3.66. The fourth-order valence-corrected chi connectivity index (χ4v) is 1.28. The predicted octanol–water partition coefficient (Wildman–Crippen LogP) is -0.392. The number of nitrogens with zero attached hydrogens (tertiary/aromatic N) is 1. The van der Waals surface area contributed by atoms with Gasteiger partial charge in [0.1, 0.15) is 5.54 Å². The molecular formula is C11H18N2O4. The molecule has 6 nitrogen and oxygen atoms in total. The zero-order chi connectivity index (χ0) is 12.7. The van der Waals surface area contributed by atoms with Gasteiger partial charge in [-0.3, -0.25) is 0 Å².